The number of anilines is 2. The number of rotatable bonds is 6. The summed E-state index contributed by atoms with van der Waals surface area (Å²) in [6, 6.07) is 15.1. The standard InChI is InChI=1S/C22H27N3O4/c1-17(26)25(18-7-6-8-19(15-18)28-2)16-22(27)24-13-11-23(12-14-24)20-9-4-5-10-21(20)29-3/h4-10,15H,11-14,16H2,1-3H3. The van der Waals surface area contributed by atoms with Crippen molar-refractivity contribution >= 4 is 23.2 Å². The molecule has 0 atom stereocenters. The van der Waals surface area contributed by atoms with Gasteiger partial charge in [0.05, 0.1) is 19.9 Å². The van der Waals surface area contributed by atoms with Gasteiger partial charge in [-0.3, -0.25) is 9.59 Å². The topological polar surface area (TPSA) is 62.3 Å². The van der Waals surface area contributed by atoms with Crippen LogP contribution >= 0.6 is 0 Å². The third kappa shape index (κ3) is 4.80. The minimum atomic E-state index is -0.181. The summed E-state index contributed by atoms with van der Waals surface area (Å²) in [5.41, 5.74) is 1.68. The molecule has 154 valence electrons. The Kier molecular flexibility index (Phi) is 6.59. The molecule has 2 aromatic rings. The first kappa shape index (κ1) is 20.5. The highest BCUT2D eigenvalue weighted by molar-refractivity contribution is 5.97. The number of para-hydroxylation sites is 2. The highest BCUT2D eigenvalue weighted by Crippen LogP contribution is 2.28. The minimum absolute atomic E-state index is 0.0111. The Morgan fingerprint density at radius 2 is 1.69 bits per heavy atom. The lowest BCUT2D eigenvalue weighted by molar-refractivity contribution is -0.131. The van der Waals surface area contributed by atoms with Crippen molar-refractivity contribution < 1.29 is 19.1 Å². The molecule has 1 heterocycles. The van der Waals surface area contributed by atoms with Gasteiger partial charge in [-0.25, -0.2) is 0 Å². The average Bonchev–Trinajstić information content (AvgIpc) is 2.77. The molecule has 7 heteroatoms. The lowest BCUT2D eigenvalue weighted by atomic mass is 10.2. The van der Waals surface area contributed by atoms with E-state index in [1.54, 1.807) is 38.5 Å². The summed E-state index contributed by atoms with van der Waals surface area (Å²) in [7, 11) is 3.23. The van der Waals surface area contributed by atoms with Gasteiger partial charge in [0.2, 0.25) is 11.8 Å². The van der Waals surface area contributed by atoms with Gasteiger partial charge in [-0.05, 0) is 24.3 Å². The number of carbonyl (C=O) groups excluding carboxylic acids is 2. The first-order valence-corrected chi connectivity index (χ1v) is 9.61. The molecule has 3 rings (SSSR count). The normalized spacial score (nSPS) is 13.8. The van der Waals surface area contributed by atoms with E-state index in [1.807, 2.05) is 29.2 Å². The Morgan fingerprint density at radius 3 is 2.34 bits per heavy atom. The SMILES string of the molecule is COc1cccc(N(CC(=O)N2CCN(c3ccccc3OC)CC2)C(C)=O)c1. The van der Waals surface area contributed by atoms with E-state index in [9.17, 15) is 9.59 Å². The van der Waals surface area contributed by atoms with Crippen LogP contribution < -0.4 is 19.3 Å². The van der Waals surface area contributed by atoms with Crippen LogP contribution in [-0.2, 0) is 9.59 Å². The molecule has 0 aliphatic carbocycles. The average molecular weight is 397 g/mol. The number of methoxy groups -OCH3 is 2. The van der Waals surface area contributed by atoms with Gasteiger partial charge in [0.1, 0.15) is 18.0 Å². The van der Waals surface area contributed by atoms with E-state index in [0.717, 1.165) is 11.4 Å². The predicted octanol–water partition coefficient (Wildman–Crippen LogP) is 2.41. The second-order valence-corrected chi connectivity index (χ2v) is 6.85. The molecular weight excluding hydrogens is 370 g/mol. The summed E-state index contributed by atoms with van der Waals surface area (Å²) in [5.74, 6) is 1.22. The van der Waals surface area contributed by atoms with Crippen LogP contribution in [0.15, 0.2) is 48.5 Å². The monoisotopic (exact) mass is 397 g/mol. The van der Waals surface area contributed by atoms with Crippen LogP contribution in [0.25, 0.3) is 0 Å². The number of ether oxygens (including phenoxy) is 2. The molecule has 1 aliphatic rings. The van der Waals surface area contributed by atoms with E-state index in [2.05, 4.69) is 4.90 Å². The third-order valence-corrected chi connectivity index (χ3v) is 5.10. The van der Waals surface area contributed by atoms with Gasteiger partial charge >= 0.3 is 0 Å². The van der Waals surface area contributed by atoms with Crippen LogP contribution in [0.1, 0.15) is 6.92 Å². The van der Waals surface area contributed by atoms with Crippen LogP contribution in [0.3, 0.4) is 0 Å². The summed E-state index contributed by atoms with van der Waals surface area (Å²) >= 11 is 0. The molecule has 0 bridgehead atoms. The van der Waals surface area contributed by atoms with Crippen molar-refractivity contribution in [1.29, 1.82) is 0 Å². The Hall–Kier alpha value is -3.22. The second kappa shape index (κ2) is 9.32. The van der Waals surface area contributed by atoms with E-state index in [4.69, 9.17) is 9.47 Å². The van der Waals surface area contributed by atoms with Crippen molar-refractivity contribution in [1.82, 2.24) is 4.90 Å². The molecule has 0 spiro atoms. The highest BCUT2D eigenvalue weighted by atomic mass is 16.5. The highest BCUT2D eigenvalue weighted by Gasteiger charge is 2.25. The largest absolute Gasteiger partial charge is 0.497 e. The smallest absolute Gasteiger partial charge is 0.242 e. The Balaban J connectivity index is 1.64. The molecule has 1 saturated heterocycles. The summed E-state index contributed by atoms with van der Waals surface area (Å²) in [6.45, 7) is 4.10. The number of carbonyl (C=O) groups is 2. The molecule has 7 nitrogen and oxygen atoms in total. The van der Waals surface area contributed by atoms with Crippen LogP contribution in [0.4, 0.5) is 11.4 Å². The second-order valence-electron chi connectivity index (χ2n) is 6.85. The van der Waals surface area contributed by atoms with Crippen molar-refractivity contribution in [2.24, 2.45) is 0 Å². The van der Waals surface area contributed by atoms with Gasteiger partial charge in [-0.15, -0.1) is 0 Å². The Bertz CT molecular complexity index is 863. The molecule has 29 heavy (non-hydrogen) atoms. The van der Waals surface area contributed by atoms with E-state index in [0.29, 0.717) is 37.6 Å². The number of nitrogens with zero attached hydrogens (tertiary/aromatic N) is 3. The zero-order valence-corrected chi connectivity index (χ0v) is 17.1. The molecule has 0 N–H and O–H groups in total. The number of benzene rings is 2. The van der Waals surface area contributed by atoms with Crippen molar-refractivity contribution in [2.75, 3.05) is 56.7 Å². The molecule has 2 amide bonds. The lowest BCUT2D eigenvalue weighted by Crippen LogP contribution is -2.52. The van der Waals surface area contributed by atoms with Gasteiger partial charge < -0.3 is 24.2 Å². The fourth-order valence-corrected chi connectivity index (χ4v) is 3.49. The summed E-state index contributed by atoms with van der Waals surface area (Å²) < 4.78 is 10.7. The zero-order chi connectivity index (χ0) is 20.8. The zero-order valence-electron chi connectivity index (χ0n) is 17.1. The van der Waals surface area contributed by atoms with E-state index in [1.165, 1.54) is 11.8 Å². The summed E-state index contributed by atoms with van der Waals surface area (Å²) in [4.78, 5) is 30.5. The summed E-state index contributed by atoms with van der Waals surface area (Å²) in [6.07, 6.45) is 0. The van der Waals surface area contributed by atoms with Crippen LogP contribution in [0, 0.1) is 0 Å². The van der Waals surface area contributed by atoms with Gasteiger partial charge in [0.15, 0.2) is 0 Å². The molecule has 1 aliphatic heterocycles. The van der Waals surface area contributed by atoms with E-state index in [-0.39, 0.29) is 18.4 Å². The molecule has 0 saturated carbocycles. The number of hydrogen-bond donors (Lipinski definition) is 0. The molecule has 0 aromatic heterocycles. The maximum absolute atomic E-state index is 12.9. The van der Waals surface area contributed by atoms with Gasteiger partial charge in [-0.1, -0.05) is 18.2 Å². The van der Waals surface area contributed by atoms with Crippen molar-refractivity contribution in [3.8, 4) is 11.5 Å². The van der Waals surface area contributed by atoms with Crippen LogP contribution in [0.5, 0.6) is 11.5 Å². The third-order valence-electron chi connectivity index (χ3n) is 5.10. The van der Waals surface area contributed by atoms with E-state index < -0.39 is 0 Å². The van der Waals surface area contributed by atoms with Crippen LogP contribution in [-0.4, -0.2) is 63.7 Å². The van der Waals surface area contributed by atoms with Crippen molar-refractivity contribution in [2.45, 2.75) is 6.92 Å². The van der Waals surface area contributed by atoms with E-state index >= 15 is 0 Å². The first-order chi connectivity index (χ1) is 14.0. The minimum Gasteiger partial charge on any atom is -0.497 e. The van der Waals surface area contributed by atoms with Crippen molar-refractivity contribution in [3.63, 3.8) is 0 Å². The Labute approximate surface area is 171 Å². The van der Waals surface area contributed by atoms with Gasteiger partial charge in [0, 0.05) is 44.9 Å². The number of piperazine rings is 1. The molecule has 1 fully saturated rings. The predicted molar refractivity (Wildman–Crippen MR) is 113 cm³/mol. The maximum Gasteiger partial charge on any atom is 0.242 e. The Morgan fingerprint density at radius 1 is 0.966 bits per heavy atom. The van der Waals surface area contributed by atoms with Crippen molar-refractivity contribution in [3.05, 3.63) is 48.5 Å². The molecule has 2 aromatic carbocycles. The fraction of sp³-hybridized carbons (Fsp3) is 0.364. The molecule has 0 radical (unpaired) electrons. The quantitative estimate of drug-likeness (QED) is 0.749. The lowest BCUT2D eigenvalue weighted by Gasteiger charge is -2.37. The summed E-state index contributed by atoms with van der Waals surface area (Å²) in [5, 5.41) is 0. The van der Waals surface area contributed by atoms with Gasteiger partial charge in [0.25, 0.3) is 0 Å². The van der Waals surface area contributed by atoms with Gasteiger partial charge in [-0.2, -0.15) is 0 Å². The molecular formula is C22H27N3O4. The number of amides is 2. The van der Waals surface area contributed by atoms with Crippen LogP contribution in [0.2, 0.25) is 0 Å². The first-order valence-electron chi connectivity index (χ1n) is 9.61. The molecule has 0 unspecified atom stereocenters. The fourth-order valence-electron chi connectivity index (χ4n) is 3.49. The maximum atomic E-state index is 12.9. The number of hydrogen-bond acceptors (Lipinski definition) is 5.